The van der Waals surface area contributed by atoms with Gasteiger partial charge in [-0.2, -0.15) is 0 Å². The van der Waals surface area contributed by atoms with Gasteiger partial charge in [0.15, 0.2) is 0 Å². The molecule has 1 aromatic rings. The van der Waals surface area contributed by atoms with E-state index in [-0.39, 0.29) is 12.4 Å². The van der Waals surface area contributed by atoms with Crippen molar-refractivity contribution in [1.29, 1.82) is 0 Å². The van der Waals surface area contributed by atoms with Crippen LogP contribution in [-0.4, -0.2) is 27.1 Å². The number of benzene rings is 1. The van der Waals surface area contributed by atoms with Gasteiger partial charge in [-0.1, -0.05) is 41.4 Å². The molecule has 0 heterocycles. The zero-order valence-corrected chi connectivity index (χ0v) is 11.2. The van der Waals surface area contributed by atoms with E-state index in [0.717, 1.165) is 5.56 Å². The Bertz CT molecular complexity index is 391. The first-order valence-electron chi connectivity index (χ1n) is 5.82. The van der Waals surface area contributed by atoms with Crippen LogP contribution in [-0.2, 0) is 27.0 Å². The Kier molecular flexibility index (Phi) is 6.60. The Labute approximate surface area is 110 Å². The molecule has 1 rings (SSSR count). The van der Waals surface area contributed by atoms with Crippen LogP contribution in [0.25, 0.3) is 0 Å². The zero-order valence-electron chi connectivity index (χ0n) is 10.3. The number of carbonyl (C=O) groups is 1. The van der Waals surface area contributed by atoms with E-state index in [4.69, 9.17) is 0 Å². The van der Waals surface area contributed by atoms with Crippen LogP contribution in [0.5, 0.6) is 0 Å². The maximum atomic E-state index is 11.1. The summed E-state index contributed by atoms with van der Waals surface area (Å²) in [7, 11) is 1.33. The summed E-state index contributed by atoms with van der Waals surface area (Å²) in [6.07, 6.45) is 1.75. The molecule has 0 bridgehead atoms. The number of rotatable bonds is 7. The van der Waals surface area contributed by atoms with Gasteiger partial charge in [-0.3, -0.25) is 9.00 Å². The molecular formula is C13H17O4S-. The van der Waals surface area contributed by atoms with Crippen LogP contribution in [0, 0.1) is 0 Å². The maximum absolute atomic E-state index is 11.1. The van der Waals surface area contributed by atoms with Crippen LogP contribution in [0.3, 0.4) is 0 Å². The van der Waals surface area contributed by atoms with Gasteiger partial charge in [-0.15, -0.1) is 0 Å². The Morgan fingerprint density at radius 3 is 2.61 bits per heavy atom. The first kappa shape index (κ1) is 14.9. The second-order valence-electron chi connectivity index (χ2n) is 4.04. The minimum Gasteiger partial charge on any atom is -0.772 e. The Hall–Kier alpha value is -1.20. The van der Waals surface area contributed by atoms with Crippen LogP contribution in [0.2, 0.25) is 0 Å². The fraction of sp³-hybridized carbons (Fsp3) is 0.462. The van der Waals surface area contributed by atoms with E-state index in [9.17, 15) is 13.6 Å². The highest BCUT2D eigenvalue weighted by molar-refractivity contribution is 7.79. The lowest BCUT2D eigenvalue weighted by molar-refractivity contribution is -0.140. The fourth-order valence-corrected chi connectivity index (χ4v) is 2.41. The molecule has 100 valence electrons. The van der Waals surface area contributed by atoms with Gasteiger partial charge < -0.3 is 9.29 Å². The van der Waals surface area contributed by atoms with E-state index in [2.05, 4.69) is 4.74 Å². The SMILES string of the molecule is COC(=O)CCCC(Cc1ccccc1)S(=O)[O-]. The van der Waals surface area contributed by atoms with Gasteiger partial charge in [0.1, 0.15) is 0 Å². The topological polar surface area (TPSA) is 66.4 Å². The van der Waals surface area contributed by atoms with E-state index < -0.39 is 16.3 Å². The normalized spacial score (nSPS) is 13.9. The second-order valence-corrected chi connectivity index (χ2v) is 5.23. The van der Waals surface area contributed by atoms with Crippen molar-refractivity contribution in [3.8, 4) is 0 Å². The average molecular weight is 269 g/mol. The summed E-state index contributed by atoms with van der Waals surface area (Å²) < 4.78 is 26.8. The number of ether oxygens (including phenoxy) is 1. The van der Waals surface area contributed by atoms with E-state index in [1.54, 1.807) is 0 Å². The van der Waals surface area contributed by atoms with Gasteiger partial charge >= 0.3 is 5.97 Å². The van der Waals surface area contributed by atoms with Crippen LogP contribution in [0.4, 0.5) is 0 Å². The molecular weight excluding hydrogens is 252 g/mol. The highest BCUT2D eigenvalue weighted by atomic mass is 32.2. The molecule has 4 nitrogen and oxygen atoms in total. The van der Waals surface area contributed by atoms with Crippen molar-refractivity contribution in [2.75, 3.05) is 7.11 Å². The van der Waals surface area contributed by atoms with E-state index in [1.165, 1.54) is 7.11 Å². The molecule has 0 aliphatic heterocycles. The third-order valence-corrected chi connectivity index (χ3v) is 3.66. The van der Waals surface area contributed by atoms with E-state index in [0.29, 0.717) is 19.3 Å². The minimum atomic E-state index is -2.12. The fourth-order valence-electron chi connectivity index (χ4n) is 1.72. The number of hydrogen-bond donors (Lipinski definition) is 0. The summed E-state index contributed by atoms with van der Waals surface area (Å²) in [5.41, 5.74) is 0.991. The van der Waals surface area contributed by atoms with Crippen molar-refractivity contribution in [3.63, 3.8) is 0 Å². The molecule has 0 aromatic heterocycles. The molecule has 0 fully saturated rings. The molecule has 2 unspecified atom stereocenters. The third kappa shape index (κ3) is 5.42. The smallest absolute Gasteiger partial charge is 0.305 e. The van der Waals surface area contributed by atoms with Crippen LogP contribution in [0.15, 0.2) is 30.3 Å². The molecule has 0 N–H and O–H groups in total. The molecule has 0 amide bonds. The Balaban J connectivity index is 2.46. The highest BCUT2D eigenvalue weighted by Crippen LogP contribution is 2.13. The van der Waals surface area contributed by atoms with Crippen LogP contribution >= 0.6 is 0 Å². The largest absolute Gasteiger partial charge is 0.772 e. The monoisotopic (exact) mass is 269 g/mol. The quantitative estimate of drug-likeness (QED) is 0.559. The Morgan fingerprint density at radius 1 is 1.39 bits per heavy atom. The maximum Gasteiger partial charge on any atom is 0.305 e. The molecule has 2 atom stereocenters. The van der Waals surface area contributed by atoms with Gasteiger partial charge in [-0.25, -0.2) is 0 Å². The number of carbonyl (C=O) groups excluding carboxylic acids is 1. The van der Waals surface area contributed by atoms with Gasteiger partial charge in [0, 0.05) is 11.7 Å². The van der Waals surface area contributed by atoms with Gasteiger partial charge in [0.2, 0.25) is 0 Å². The number of esters is 1. The van der Waals surface area contributed by atoms with E-state index in [1.807, 2.05) is 30.3 Å². The minimum absolute atomic E-state index is 0.263. The lowest BCUT2D eigenvalue weighted by Gasteiger charge is -2.19. The molecule has 0 spiro atoms. The van der Waals surface area contributed by atoms with Crippen molar-refractivity contribution in [1.82, 2.24) is 0 Å². The summed E-state index contributed by atoms with van der Waals surface area (Å²) in [5.74, 6) is -0.301. The van der Waals surface area contributed by atoms with Gasteiger partial charge in [-0.05, 0) is 24.8 Å². The first-order valence-corrected chi connectivity index (χ1v) is 6.96. The predicted molar refractivity (Wildman–Crippen MR) is 68.7 cm³/mol. The molecule has 0 saturated carbocycles. The van der Waals surface area contributed by atoms with Crippen molar-refractivity contribution in [3.05, 3.63) is 35.9 Å². The molecule has 0 saturated heterocycles. The van der Waals surface area contributed by atoms with Crippen molar-refractivity contribution in [2.45, 2.75) is 30.9 Å². The molecule has 18 heavy (non-hydrogen) atoms. The summed E-state index contributed by atoms with van der Waals surface area (Å²) >= 11 is -2.12. The van der Waals surface area contributed by atoms with Crippen molar-refractivity contribution >= 4 is 17.0 Å². The lowest BCUT2D eigenvalue weighted by atomic mass is 10.1. The number of hydrogen-bond acceptors (Lipinski definition) is 4. The summed E-state index contributed by atoms with van der Waals surface area (Å²) in [5, 5.41) is -0.447. The van der Waals surface area contributed by atoms with E-state index >= 15 is 0 Å². The first-order chi connectivity index (χ1) is 8.63. The lowest BCUT2D eigenvalue weighted by Crippen LogP contribution is -2.18. The number of methoxy groups -OCH3 is 1. The van der Waals surface area contributed by atoms with Crippen molar-refractivity contribution < 1.29 is 18.3 Å². The van der Waals surface area contributed by atoms with Crippen molar-refractivity contribution in [2.24, 2.45) is 0 Å². The van der Waals surface area contributed by atoms with Crippen LogP contribution in [0.1, 0.15) is 24.8 Å². The zero-order chi connectivity index (χ0) is 13.4. The summed E-state index contributed by atoms with van der Waals surface area (Å²) in [4.78, 5) is 10.9. The standard InChI is InChI=1S/C13H18O4S/c1-17-13(14)9-5-8-12(18(15)16)10-11-6-3-2-4-7-11/h2-4,6-7,12H,5,8-10H2,1H3,(H,15,16)/p-1. The third-order valence-electron chi connectivity index (χ3n) is 2.71. The Morgan fingerprint density at radius 2 is 2.06 bits per heavy atom. The molecule has 5 heteroatoms. The molecule has 0 radical (unpaired) electrons. The van der Waals surface area contributed by atoms with Gasteiger partial charge in [0.25, 0.3) is 0 Å². The highest BCUT2D eigenvalue weighted by Gasteiger charge is 2.11. The van der Waals surface area contributed by atoms with Crippen LogP contribution < -0.4 is 0 Å². The van der Waals surface area contributed by atoms with Gasteiger partial charge in [0.05, 0.1) is 7.11 Å². The molecule has 1 aromatic carbocycles. The molecule has 0 aliphatic rings. The second kappa shape index (κ2) is 8.00. The predicted octanol–water partition coefficient (Wildman–Crippen LogP) is 1.82. The average Bonchev–Trinajstić information content (AvgIpc) is 2.38. The summed E-state index contributed by atoms with van der Waals surface area (Å²) in [6, 6.07) is 9.47. The molecule has 0 aliphatic carbocycles. The summed E-state index contributed by atoms with van der Waals surface area (Å²) in [6.45, 7) is 0.